The Labute approximate surface area is 325 Å². The van der Waals surface area contributed by atoms with Crippen molar-refractivity contribution < 1.29 is 19.8 Å². The second-order valence-corrected chi connectivity index (χ2v) is 20.5. The van der Waals surface area contributed by atoms with E-state index in [1.165, 1.54) is 38.5 Å². The molecule has 2 N–H and O–H groups in total. The molecule has 10 atom stereocenters. The first-order chi connectivity index (χ1) is 22.2. The standard InChI is InChI=1S/2C11H20O.2C11H18O.4CH4/c4*1-4-11-6-5-8(7-9(11)12)10(11,2)3;;;;/h2*8-9,12H,4-7H2,1-3H3;2*8H,4-7H2,1-3H3;4*1H4. The zero-order chi connectivity index (χ0) is 35.9. The summed E-state index contributed by atoms with van der Waals surface area (Å²) in [5, 5.41) is 20.0. The smallest absolute Gasteiger partial charge is 0.139 e. The average molecular weight is 733 g/mol. The molecule has 0 aromatic rings. The molecule has 308 valence electrons. The molecular weight excluding hydrogens is 641 g/mol. The van der Waals surface area contributed by atoms with Crippen LogP contribution < -0.4 is 0 Å². The van der Waals surface area contributed by atoms with Gasteiger partial charge in [0.2, 0.25) is 0 Å². The van der Waals surface area contributed by atoms with Gasteiger partial charge in [-0.05, 0) is 135 Å². The molecule has 8 rings (SSSR count). The third kappa shape index (κ3) is 6.27. The quantitative estimate of drug-likeness (QED) is 0.302. The van der Waals surface area contributed by atoms with Crippen LogP contribution in [0.25, 0.3) is 0 Å². The topological polar surface area (TPSA) is 74.6 Å². The number of hydrogen-bond donors (Lipinski definition) is 2. The van der Waals surface area contributed by atoms with Gasteiger partial charge in [-0.2, -0.15) is 0 Å². The van der Waals surface area contributed by atoms with E-state index < -0.39 is 0 Å². The Balaban J connectivity index is 0.000000338. The van der Waals surface area contributed by atoms with Crippen LogP contribution in [-0.4, -0.2) is 34.0 Å². The molecule has 0 heterocycles. The Hall–Kier alpha value is -0.740. The Morgan fingerprint density at radius 2 is 0.750 bits per heavy atom. The van der Waals surface area contributed by atoms with Crippen LogP contribution in [-0.2, 0) is 9.59 Å². The van der Waals surface area contributed by atoms with E-state index in [2.05, 4.69) is 83.1 Å². The van der Waals surface area contributed by atoms with Crippen LogP contribution in [0.3, 0.4) is 0 Å². The number of hydrogen-bond acceptors (Lipinski definition) is 4. The molecule has 8 bridgehead atoms. The summed E-state index contributed by atoms with van der Waals surface area (Å²) in [6.45, 7) is 27.4. The molecule has 8 saturated carbocycles. The highest BCUT2D eigenvalue weighted by Gasteiger charge is 2.65. The van der Waals surface area contributed by atoms with Gasteiger partial charge in [0.05, 0.1) is 12.2 Å². The summed E-state index contributed by atoms with van der Waals surface area (Å²) in [6.07, 6.45) is 18.3. The van der Waals surface area contributed by atoms with Gasteiger partial charge in [-0.1, -0.05) is 113 Å². The van der Waals surface area contributed by atoms with E-state index in [1.54, 1.807) is 0 Å². The van der Waals surface area contributed by atoms with Gasteiger partial charge in [0.15, 0.2) is 0 Å². The highest BCUT2D eigenvalue weighted by Crippen LogP contribution is 2.69. The van der Waals surface area contributed by atoms with Gasteiger partial charge in [0, 0.05) is 34.5 Å². The average Bonchev–Trinajstić information content (AvgIpc) is 3.81. The first-order valence-corrected chi connectivity index (χ1v) is 20.6. The van der Waals surface area contributed by atoms with Gasteiger partial charge in [0.25, 0.3) is 0 Å². The van der Waals surface area contributed by atoms with Crippen molar-refractivity contribution in [3.8, 4) is 0 Å². The minimum atomic E-state index is -0.0174. The molecule has 52 heavy (non-hydrogen) atoms. The number of ketones is 2. The number of aliphatic hydroxyl groups excluding tert-OH is 2. The van der Waals surface area contributed by atoms with Crippen molar-refractivity contribution in [2.45, 2.75) is 228 Å². The maximum absolute atomic E-state index is 11.8. The molecule has 10 unspecified atom stereocenters. The minimum absolute atomic E-state index is 0. The summed E-state index contributed by atoms with van der Waals surface area (Å²) in [5.74, 6) is 4.03. The highest BCUT2D eigenvalue weighted by molar-refractivity contribution is 5.90. The van der Waals surface area contributed by atoms with Crippen LogP contribution in [0.5, 0.6) is 0 Å². The lowest BCUT2D eigenvalue weighted by molar-refractivity contribution is -0.130. The van der Waals surface area contributed by atoms with Crippen molar-refractivity contribution in [2.75, 3.05) is 0 Å². The normalized spacial score (nSPS) is 43.3. The van der Waals surface area contributed by atoms with Gasteiger partial charge >= 0.3 is 0 Å². The molecular formula is C48H92O4. The number of aliphatic hydroxyl groups is 2. The summed E-state index contributed by atoms with van der Waals surface area (Å²) in [7, 11) is 0. The van der Waals surface area contributed by atoms with Gasteiger partial charge < -0.3 is 10.2 Å². The number of carbonyl (C=O) groups is 2. The van der Waals surface area contributed by atoms with E-state index in [0.29, 0.717) is 45.1 Å². The van der Waals surface area contributed by atoms with Crippen LogP contribution in [0, 0.1) is 67.0 Å². The highest BCUT2D eigenvalue weighted by atomic mass is 16.3. The first-order valence-electron chi connectivity index (χ1n) is 20.6. The molecule has 0 aromatic heterocycles. The van der Waals surface area contributed by atoms with E-state index >= 15 is 0 Å². The summed E-state index contributed by atoms with van der Waals surface area (Å²) >= 11 is 0. The zero-order valence-electron chi connectivity index (χ0n) is 33.5. The third-order valence-corrected chi connectivity index (χ3v) is 19.5. The van der Waals surface area contributed by atoms with Crippen molar-refractivity contribution in [1.29, 1.82) is 0 Å². The molecule has 8 aliphatic rings. The number of carbonyl (C=O) groups excluding carboxylic acids is 2. The van der Waals surface area contributed by atoms with Crippen LogP contribution in [0.15, 0.2) is 0 Å². The van der Waals surface area contributed by atoms with Gasteiger partial charge in [-0.25, -0.2) is 0 Å². The third-order valence-electron chi connectivity index (χ3n) is 19.5. The lowest BCUT2D eigenvalue weighted by Gasteiger charge is -2.39. The lowest BCUT2D eigenvalue weighted by atomic mass is 9.67. The fourth-order valence-electron chi connectivity index (χ4n) is 15.0. The SMILES string of the molecule is C.C.C.C.CCC12CCC(CC1=O)C2(C)C.CCC12CCC(CC1=O)C2(C)C.CCC12CCC(CC1O)C2(C)C.CCC12CCC(CC1O)C2(C)C. The van der Waals surface area contributed by atoms with Crippen molar-refractivity contribution in [3.63, 3.8) is 0 Å². The molecule has 8 fully saturated rings. The predicted octanol–water partition coefficient (Wildman–Crippen LogP) is 13.3. The Morgan fingerprint density at radius 1 is 0.462 bits per heavy atom. The van der Waals surface area contributed by atoms with E-state index in [9.17, 15) is 19.8 Å². The number of Topliss-reactive ketones (excluding diaryl/α,β-unsaturated/α-hetero) is 2. The van der Waals surface area contributed by atoms with Gasteiger partial charge in [0.1, 0.15) is 11.6 Å². The molecule has 4 nitrogen and oxygen atoms in total. The molecule has 0 saturated heterocycles. The van der Waals surface area contributed by atoms with Crippen LogP contribution in [0.1, 0.15) is 216 Å². The van der Waals surface area contributed by atoms with E-state index in [1.807, 2.05) is 0 Å². The van der Waals surface area contributed by atoms with Crippen molar-refractivity contribution in [1.82, 2.24) is 0 Å². The fraction of sp³-hybridized carbons (Fsp3) is 0.958. The molecule has 0 spiro atoms. The van der Waals surface area contributed by atoms with Gasteiger partial charge in [-0.15, -0.1) is 0 Å². The Kier molecular flexibility index (Phi) is 15.2. The zero-order valence-corrected chi connectivity index (χ0v) is 33.5. The van der Waals surface area contributed by atoms with Gasteiger partial charge in [-0.3, -0.25) is 9.59 Å². The Morgan fingerprint density at radius 3 is 0.865 bits per heavy atom. The monoisotopic (exact) mass is 733 g/mol. The van der Waals surface area contributed by atoms with Crippen LogP contribution >= 0.6 is 0 Å². The molecule has 0 radical (unpaired) electrons. The molecule has 0 amide bonds. The van der Waals surface area contributed by atoms with E-state index in [4.69, 9.17) is 0 Å². The minimum Gasteiger partial charge on any atom is -0.393 e. The second-order valence-electron chi connectivity index (χ2n) is 20.5. The molecule has 8 aliphatic carbocycles. The predicted molar refractivity (Wildman–Crippen MR) is 224 cm³/mol. The van der Waals surface area contributed by atoms with Crippen molar-refractivity contribution in [3.05, 3.63) is 0 Å². The van der Waals surface area contributed by atoms with E-state index in [-0.39, 0.29) is 63.6 Å². The molecule has 0 aliphatic heterocycles. The first kappa shape index (κ1) is 49.3. The van der Waals surface area contributed by atoms with Crippen molar-refractivity contribution >= 4 is 11.6 Å². The molecule has 4 heteroatoms. The number of rotatable bonds is 4. The summed E-state index contributed by atoms with van der Waals surface area (Å²) in [4.78, 5) is 23.6. The van der Waals surface area contributed by atoms with Crippen LogP contribution in [0.2, 0.25) is 0 Å². The van der Waals surface area contributed by atoms with Crippen molar-refractivity contribution in [2.24, 2.45) is 67.0 Å². The maximum Gasteiger partial charge on any atom is 0.139 e. The number of fused-ring (bicyclic) bond motifs is 8. The van der Waals surface area contributed by atoms with E-state index in [0.717, 1.165) is 76.0 Å². The Bertz CT molecular complexity index is 1130. The summed E-state index contributed by atoms with van der Waals surface area (Å²) in [5.41, 5.74) is 2.02. The summed E-state index contributed by atoms with van der Waals surface area (Å²) < 4.78 is 0. The van der Waals surface area contributed by atoms with Crippen LogP contribution in [0.4, 0.5) is 0 Å². The maximum atomic E-state index is 11.8. The fourth-order valence-corrected chi connectivity index (χ4v) is 15.0. The lowest BCUT2D eigenvalue weighted by Crippen LogP contribution is -2.37. The molecule has 0 aromatic carbocycles. The summed E-state index contributed by atoms with van der Waals surface area (Å²) in [6, 6.07) is 0. The largest absolute Gasteiger partial charge is 0.393 e. The second kappa shape index (κ2) is 16.0.